The number of nitrogen functional groups attached to an aromatic ring is 1. The lowest BCUT2D eigenvalue weighted by molar-refractivity contribution is 0.284. The van der Waals surface area contributed by atoms with Gasteiger partial charge in [-0.15, -0.1) is 20.5 Å². The van der Waals surface area contributed by atoms with Crippen molar-refractivity contribution in [3.05, 3.63) is 54.6 Å². The highest BCUT2D eigenvalue weighted by atomic mass is 32.3. The van der Waals surface area contributed by atoms with Crippen molar-refractivity contribution in [1.29, 1.82) is 0 Å². The largest absolute Gasteiger partial charge is 0.506 e. The third-order valence-electron chi connectivity index (χ3n) is 4.95. The molecule has 0 atom stereocenters. The van der Waals surface area contributed by atoms with E-state index in [9.17, 15) is 47.9 Å². The molecular formula is C20H19N5O13S4. The van der Waals surface area contributed by atoms with Gasteiger partial charge in [-0.2, -0.15) is 25.3 Å². The summed E-state index contributed by atoms with van der Waals surface area (Å²) in [5, 5.41) is 25.0. The summed E-state index contributed by atoms with van der Waals surface area (Å²) in [6.07, 6.45) is 0. The molecule has 0 unspecified atom stereocenters. The maximum Gasteiger partial charge on any atom is 0.397 e. The minimum Gasteiger partial charge on any atom is -0.506 e. The minimum atomic E-state index is -5.10. The molecule has 0 aliphatic heterocycles. The zero-order chi connectivity index (χ0) is 31.5. The number of anilines is 1. The Morgan fingerprint density at radius 2 is 1.21 bits per heavy atom. The average molecular weight is 666 g/mol. The summed E-state index contributed by atoms with van der Waals surface area (Å²) in [7, 11) is -19.1. The summed E-state index contributed by atoms with van der Waals surface area (Å²) < 4.78 is 125. The molecule has 0 aliphatic carbocycles. The minimum absolute atomic E-state index is 0.208. The molecule has 3 aromatic carbocycles. The van der Waals surface area contributed by atoms with Crippen LogP contribution < -0.4 is 5.73 Å². The van der Waals surface area contributed by atoms with E-state index < -0.39 is 79.0 Å². The predicted octanol–water partition coefficient (Wildman–Crippen LogP) is 2.89. The molecular weight excluding hydrogens is 647 g/mol. The Morgan fingerprint density at radius 1 is 0.667 bits per heavy atom. The normalized spacial score (nSPS) is 13.2. The van der Waals surface area contributed by atoms with Crippen LogP contribution in [-0.4, -0.2) is 64.8 Å². The van der Waals surface area contributed by atoms with Gasteiger partial charge in [0.25, 0.3) is 20.2 Å². The number of nitrogens with two attached hydrogens (primary N) is 1. The SMILES string of the molecule is Nc1cc(O)c(N=Nc2ccccc2S(=O)(=O)O)cc1N=Nc1ccc(S(=O)(=O)CCOS(=O)(=O)O)cc1S(=O)(=O)O. The van der Waals surface area contributed by atoms with Crippen LogP contribution in [0.3, 0.4) is 0 Å². The molecule has 42 heavy (non-hydrogen) atoms. The molecule has 18 nitrogen and oxygen atoms in total. The molecule has 22 heteroatoms. The van der Waals surface area contributed by atoms with Crippen LogP contribution in [-0.2, 0) is 44.7 Å². The summed E-state index contributed by atoms with van der Waals surface area (Å²) in [6.45, 7) is -0.995. The zero-order valence-corrected chi connectivity index (χ0v) is 23.8. The maximum atomic E-state index is 12.4. The van der Waals surface area contributed by atoms with Crippen LogP contribution in [0.5, 0.6) is 5.75 Å². The average Bonchev–Trinajstić information content (AvgIpc) is 2.85. The summed E-state index contributed by atoms with van der Waals surface area (Å²) in [6, 6.07) is 9.24. The maximum absolute atomic E-state index is 12.4. The Labute approximate surface area is 238 Å². The van der Waals surface area contributed by atoms with Gasteiger partial charge in [-0.1, -0.05) is 12.1 Å². The Kier molecular flexibility index (Phi) is 9.43. The molecule has 0 saturated heterocycles. The standard InChI is InChI=1S/C20H19N5O13S4/c21-13-10-18(26)17(25-22-14-3-1-2-4-19(14)40(29,30)31)11-16(13)24-23-15-6-5-12(9-20(15)41(32,33)34)39(27,28)8-7-38-42(35,36)37/h1-6,9-11,26H,7-8,21H2,(H,29,30,31)(H,32,33,34)(H,35,36,37). The number of aromatic hydroxyl groups is 1. The van der Waals surface area contributed by atoms with Gasteiger partial charge in [0.1, 0.15) is 38.3 Å². The van der Waals surface area contributed by atoms with Crippen molar-refractivity contribution in [3.8, 4) is 5.75 Å². The van der Waals surface area contributed by atoms with Crippen LogP contribution in [0.2, 0.25) is 0 Å². The molecule has 226 valence electrons. The first-order valence-electron chi connectivity index (χ1n) is 10.8. The molecule has 0 fully saturated rings. The van der Waals surface area contributed by atoms with Crippen molar-refractivity contribution in [2.45, 2.75) is 14.7 Å². The second kappa shape index (κ2) is 12.1. The topological polar surface area (TPSA) is 302 Å². The molecule has 0 amide bonds. The van der Waals surface area contributed by atoms with E-state index in [4.69, 9.17) is 10.3 Å². The highest BCUT2D eigenvalue weighted by molar-refractivity contribution is 7.91. The van der Waals surface area contributed by atoms with Gasteiger partial charge >= 0.3 is 10.4 Å². The molecule has 3 aromatic rings. The Bertz CT molecular complexity index is 2030. The van der Waals surface area contributed by atoms with Crippen LogP contribution in [0.25, 0.3) is 0 Å². The first-order chi connectivity index (χ1) is 19.3. The van der Waals surface area contributed by atoms with Crippen molar-refractivity contribution in [2.75, 3.05) is 18.1 Å². The number of phenols is 1. The first-order valence-corrected chi connectivity index (χ1v) is 16.7. The van der Waals surface area contributed by atoms with Gasteiger partial charge in [-0.25, -0.2) is 12.6 Å². The van der Waals surface area contributed by atoms with E-state index in [1.807, 2.05) is 0 Å². The summed E-state index contributed by atoms with van der Waals surface area (Å²) >= 11 is 0. The van der Waals surface area contributed by atoms with E-state index in [1.165, 1.54) is 18.2 Å². The van der Waals surface area contributed by atoms with Crippen molar-refractivity contribution in [2.24, 2.45) is 20.5 Å². The third kappa shape index (κ3) is 8.56. The van der Waals surface area contributed by atoms with E-state index >= 15 is 0 Å². The Balaban J connectivity index is 1.99. The molecule has 0 radical (unpaired) electrons. The molecule has 0 spiro atoms. The number of hydrogen-bond donors (Lipinski definition) is 5. The molecule has 0 saturated carbocycles. The Morgan fingerprint density at radius 3 is 1.81 bits per heavy atom. The van der Waals surface area contributed by atoms with Gasteiger partial charge in [0.2, 0.25) is 0 Å². The Hall–Kier alpha value is -3.90. The number of rotatable bonds is 11. The van der Waals surface area contributed by atoms with Crippen LogP contribution in [0.15, 0.2) is 89.7 Å². The summed E-state index contributed by atoms with van der Waals surface area (Å²) in [5.41, 5.74) is 4.21. The second-order valence-corrected chi connectivity index (χ2v) is 13.9. The monoisotopic (exact) mass is 665 g/mol. The highest BCUT2D eigenvalue weighted by Crippen LogP contribution is 2.39. The fourth-order valence-corrected chi connectivity index (χ4v) is 5.92. The van der Waals surface area contributed by atoms with Gasteiger partial charge < -0.3 is 10.8 Å². The van der Waals surface area contributed by atoms with Gasteiger partial charge in [0, 0.05) is 6.07 Å². The van der Waals surface area contributed by atoms with E-state index in [2.05, 4.69) is 24.6 Å². The summed E-state index contributed by atoms with van der Waals surface area (Å²) in [4.78, 5) is -2.26. The fraction of sp³-hybridized carbons (Fsp3) is 0.100. The number of phenolic OH excluding ortho intramolecular Hbond substituents is 1. The van der Waals surface area contributed by atoms with E-state index in [-0.39, 0.29) is 22.7 Å². The number of hydrogen-bond acceptors (Lipinski definition) is 15. The van der Waals surface area contributed by atoms with Crippen molar-refractivity contribution in [3.63, 3.8) is 0 Å². The van der Waals surface area contributed by atoms with Crippen LogP contribution >= 0.6 is 0 Å². The quantitative estimate of drug-likeness (QED) is 0.112. The molecule has 0 bridgehead atoms. The van der Waals surface area contributed by atoms with Gasteiger partial charge in [-0.05, 0) is 36.4 Å². The fourth-order valence-electron chi connectivity index (χ4n) is 3.07. The number of azo groups is 2. The van der Waals surface area contributed by atoms with Crippen molar-refractivity contribution in [1.82, 2.24) is 0 Å². The van der Waals surface area contributed by atoms with Crippen LogP contribution in [0.1, 0.15) is 0 Å². The number of nitrogens with zero attached hydrogens (tertiary/aromatic N) is 4. The van der Waals surface area contributed by atoms with Gasteiger partial charge in [-0.3, -0.25) is 13.7 Å². The second-order valence-electron chi connectivity index (χ2n) is 7.92. The predicted molar refractivity (Wildman–Crippen MR) is 143 cm³/mol. The molecule has 0 aliphatic rings. The van der Waals surface area contributed by atoms with Gasteiger partial charge in [0.05, 0.1) is 22.9 Å². The molecule has 6 N–H and O–H groups in total. The van der Waals surface area contributed by atoms with Crippen LogP contribution in [0.4, 0.5) is 28.4 Å². The van der Waals surface area contributed by atoms with Crippen molar-refractivity contribution < 1.29 is 56.6 Å². The van der Waals surface area contributed by atoms with Gasteiger partial charge in [0.15, 0.2) is 9.84 Å². The molecule has 0 aromatic heterocycles. The molecule has 3 rings (SSSR count). The molecule has 0 heterocycles. The van der Waals surface area contributed by atoms with E-state index in [1.54, 1.807) is 0 Å². The lowest BCUT2D eigenvalue weighted by atomic mass is 10.2. The number of sulfone groups is 1. The third-order valence-corrected chi connectivity index (χ3v) is 8.88. The smallest absolute Gasteiger partial charge is 0.397 e. The first kappa shape index (κ1) is 32.6. The lowest BCUT2D eigenvalue weighted by Crippen LogP contribution is -2.16. The van der Waals surface area contributed by atoms with E-state index in [0.717, 1.165) is 30.3 Å². The van der Waals surface area contributed by atoms with E-state index in [0.29, 0.717) is 6.07 Å². The number of benzene rings is 3. The lowest BCUT2D eigenvalue weighted by Gasteiger charge is -2.08. The van der Waals surface area contributed by atoms with Crippen molar-refractivity contribution >= 4 is 68.9 Å². The highest BCUT2D eigenvalue weighted by Gasteiger charge is 2.23. The zero-order valence-electron chi connectivity index (χ0n) is 20.6. The van der Waals surface area contributed by atoms with Crippen LogP contribution in [0, 0.1) is 0 Å². The summed E-state index contributed by atoms with van der Waals surface area (Å²) in [5.74, 6) is -1.53.